The molecule has 0 atom stereocenters. The van der Waals surface area contributed by atoms with Crippen molar-refractivity contribution >= 4 is 14.1 Å². The Balaban J connectivity index is 2.74. The van der Waals surface area contributed by atoms with Crippen LogP contribution in [0.5, 0.6) is 0 Å². The van der Waals surface area contributed by atoms with E-state index in [4.69, 9.17) is 0 Å². The third-order valence-electron chi connectivity index (χ3n) is 2.09. The van der Waals surface area contributed by atoms with E-state index in [-0.39, 0.29) is 0 Å². The number of aromatic nitrogens is 1. The molecule has 0 unspecified atom stereocenters. The van der Waals surface area contributed by atoms with Crippen LogP contribution in [0.1, 0.15) is 13.8 Å². The monoisotopic (exact) mass is 165 g/mol. The lowest BCUT2D eigenvalue weighted by Gasteiger charge is -2.07. The summed E-state index contributed by atoms with van der Waals surface area (Å²) in [6, 6.07) is 8.90. The van der Waals surface area contributed by atoms with Crippen molar-refractivity contribution in [3.05, 3.63) is 24.4 Å². The van der Waals surface area contributed by atoms with Crippen LogP contribution in [0.3, 0.4) is 0 Å². The average Bonchev–Trinajstić information content (AvgIpc) is 2.09. The lowest BCUT2D eigenvalue weighted by molar-refractivity contribution is 1.29. The molecule has 0 aromatic carbocycles. The summed E-state index contributed by atoms with van der Waals surface area (Å²) in [7, 11) is -0.662. The van der Waals surface area contributed by atoms with Gasteiger partial charge in [0.2, 0.25) is 0 Å². The predicted molar refractivity (Wildman–Crippen MR) is 52.0 cm³/mol. The van der Waals surface area contributed by atoms with Gasteiger partial charge in [0.05, 0.1) is 8.80 Å². The number of hydrogen-bond donors (Lipinski definition) is 0. The highest BCUT2D eigenvalue weighted by molar-refractivity contribution is 6.72. The van der Waals surface area contributed by atoms with Gasteiger partial charge in [-0.1, -0.05) is 32.0 Å². The van der Waals surface area contributed by atoms with E-state index in [1.54, 1.807) is 0 Å². The molecule has 1 heterocycles. The highest BCUT2D eigenvalue weighted by Gasteiger charge is 2.08. The van der Waals surface area contributed by atoms with E-state index < -0.39 is 8.80 Å². The van der Waals surface area contributed by atoms with E-state index in [9.17, 15) is 0 Å². The summed E-state index contributed by atoms with van der Waals surface area (Å²) in [5, 5.41) is 1.37. The van der Waals surface area contributed by atoms with Gasteiger partial charge in [-0.15, -0.1) is 0 Å². The molecule has 0 saturated heterocycles. The summed E-state index contributed by atoms with van der Waals surface area (Å²) >= 11 is 0. The van der Waals surface area contributed by atoms with E-state index in [1.807, 2.05) is 12.3 Å². The van der Waals surface area contributed by atoms with Crippen molar-refractivity contribution in [1.29, 1.82) is 0 Å². The molecule has 1 aromatic rings. The first kappa shape index (κ1) is 8.46. The second kappa shape index (κ2) is 4.29. The van der Waals surface area contributed by atoms with Crippen molar-refractivity contribution in [3.8, 4) is 0 Å². The Hall–Kier alpha value is -0.633. The summed E-state index contributed by atoms with van der Waals surface area (Å²) in [4.78, 5) is 4.38. The van der Waals surface area contributed by atoms with E-state index in [0.29, 0.717) is 0 Å². The molecule has 0 aliphatic heterocycles. The molecule has 1 aromatic heterocycles. The molecule has 0 spiro atoms. The van der Waals surface area contributed by atoms with Gasteiger partial charge in [0.15, 0.2) is 0 Å². The lowest BCUT2D eigenvalue weighted by Crippen LogP contribution is -2.30. The number of hydrogen-bond acceptors (Lipinski definition) is 1. The number of pyridine rings is 1. The second-order valence-corrected chi connectivity index (χ2v) is 6.39. The molecule has 0 N–H and O–H groups in total. The second-order valence-electron chi connectivity index (χ2n) is 2.77. The quantitative estimate of drug-likeness (QED) is 0.619. The Morgan fingerprint density at radius 2 is 2.00 bits per heavy atom. The van der Waals surface area contributed by atoms with Crippen LogP contribution in [0.15, 0.2) is 24.4 Å². The standard InChI is InChI=1S/C9H15NSi/c1-3-11(4-2)9-7-5-6-8-10-9/h5-8,11H,3-4H2,1-2H3. The van der Waals surface area contributed by atoms with Crippen molar-refractivity contribution in [2.24, 2.45) is 0 Å². The molecule has 1 nitrogen and oxygen atoms in total. The Morgan fingerprint density at radius 3 is 2.45 bits per heavy atom. The fourth-order valence-electron chi connectivity index (χ4n) is 1.32. The third kappa shape index (κ3) is 2.15. The van der Waals surface area contributed by atoms with E-state index in [0.717, 1.165) is 0 Å². The van der Waals surface area contributed by atoms with Crippen LogP contribution in [-0.4, -0.2) is 13.8 Å². The Labute approximate surface area is 70.1 Å². The topological polar surface area (TPSA) is 12.9 Å². The van der Waals surface area contributed by atoms with Crippen molar-refractivity contribution in [3.63, 3.8) is 0 Å². The first-order valence-corrected chi connectivity index (χ1v) is 6.50. The molecule has 0 aliphatic rings. The fourth-order valence-corrected chi connectivity index (χ4v) is 3.42. The van der Waals surface area contributed by atoms with Gasteiger partial charge in [-0.05, 0) is 12.1 Å². The van der Waals surface area contributed by atoms with Crippen LogP contribution < -0.4 is 5.32 Å². The minimum Gasteiger partial charge on any atom is -0.266 e. The highest BCUT2D eigenvalue weighted by Crippen LogP contribution is 1.96. The number of nitrogens with zero attached hydrogens (tertiary/aromatic N) is 1. The molecule has 2 heteroatoms. The van der Waals surface area contributed by atoms with Crippen LogP contribution in [0.4, 0.5) is 0 Å². The van der Waals surface area contributed by atoms with E-state index in [2.05, 4.69) is 31.0 Å². The van der Waals surface area contributed by atoms with Crippen molar-refractivity contribution in [1.82, 2.24) is 4.98 Å². The first-order valence-electron chi connectivity index (χ1n) is 4.29. The predicted octanol–water partition coefficient (Wildman–Crippen LogP) is 1.56. The smallest absolute Gasteiger partial charge is 0.0939 e. The van der Waals surface area contributed by atoms with Crippen molar-refractivity contribution in [2.45, 2.75) is 25.9 Å². The molecule has 0 bridgehead atoms. The average molecular weight is 165 g/mol. The fraction of sp³-hybridized carbons (Fsp3) is 0.444. The van der Waals surface area contributed by atoms with Crippen LogP contribution in [0.25, 0.3) is 0 Å². The zero-order chi connectivity index (χ0) is 8.10. The normalized spacial score (nSPS) is 10.5. The Kier molecular flexibility index (Phi) is 3.30. The van der Waals surface area contributed by atoms with Gasteiger partial charge >= 0.3 is 0 Å². The lowest BCUT2D eigenvalue weighted by atomic mass is 10.5. The van der Waals surface area contributed by atoms with Crippen LogP contribution >= 0.6 is 0 Å². The molecule has 1 rings (SSSR count). The summed E-state index contributed by atoms with van der Waals surface area (Å²) in [6.45, 7) is 4.55. The van der Waals surface area contributed by atoms with Gasteiger partial charge in [-0.2, -0.15) is 0 Å². The third-order valence-corrected chi connectivity index (χ3v) is 5.24. The molecule has 0 aliphatic carbocycles. The maximum atomic E-state index is 4.38. The van der Waals surface area contributed by atoms with Gasteiger partial charge in [0.25, 0.3) is 0 Å². The van der Waals surface area contributed by atoms with Crippen LogP contribution in [-0.2, 0) is 0 Å². The van der Waals surface area contributed by atoms with Crippen molar-refractivity contribution < 1.29 is 0 Å². The van der Waals surface area contributed by atoms with Crippen LogP contribution in [0, 0.1) is 0 Å². The van der Waals surface area contributed by atoms with Gasteiger partial charge in [-0.25, -0.2) is 0 Å². The summed E-state index contributed by atoms with van der Waals surface area (Å²) < 4.78 is 0. The summed E-state index contributed by atoms with van der Waals surface area (Å²) in [5.41, 5.74) is 0. The highest BCUT2D eigenvalue weighted by atomic mass is 28.3. The zero-order valence-electron chi connectivity index (χ0n) is 7.25. The maximum Gasteiger partial charge on any atom is 0.0939 e. The minimum absolute atomic E-state index is 0.662. The maximum absolute atomic E-state index is 4.38. The molecule has 11 heavy (non-hydrogen) atoms. The molecule has 0 fully saturated rings. The van der Waals surface area contributed by atoms with Crippen molar-refractivity contribution in [2.75, 3.05) is 0 Å². The summed E-state index contributed by atoms with van der Waals surface area (Å²) in [6.07, 6.45) is 1.90. The van der Waals surface area contributed by atoms with Gasteiger partial charge in [0, 0.05) is 11.5 Å². The zero-order valence-corrected chi connectivity index (χ0v) is 8.40. The molecule has 60 valence electrons. The number of rotatable bonds is 3. The van der Waals surface area contributed by atoms with Gasteiger partial charge in [-0.3, -0.25) is 4.98 Å². The molecular formula is C9H15NSi. The molecule has 0 radical (unpaired) electrons. The largest absolute Gasteiger partial charge is 0.266 e. The molecule has 0 amide bonds. The Morgan fingerprint density at radius 1 is 1.27 bits per heavy atom. The van der Waals surface area contributed by atoms with E-state index >= 15 is 0 Å². The first-order chi connectivity index (χ1) is 5.38. The minimum atomic E-state index is -0.662. The van der Waals surface area contributed by atoms with E-state index in [1.165, 1.54) is 17.4 Å². The SMILES string of the molecule is CC[SiH](CC)c1ccccn1. The molecular weight excluding hydrogens is 150 g/mol. The van der Waals surface area contributed by atoms with Gasteiger partial charge in [0.1, 0.15) is 0 Å². The van der Waals surface area contributed by atoms with Gasteiger partial charge < -0.3 is 0 Å². The summed E-state index contributed by atoms with van der Waals surface area (Å²) in [5.74, 6) is 0. The van der Waals surface area contributed by atoms with Crippen LogP contribution in [0.2, 0.25) is 12.1 Å². The molecule has 0 saturated carbocycles. The Bertz CT molecular complexity index is 194.